The Kier molecular flexibility index (Phi) is 2.83. The maximum Gasteiger partial charge on any atom is 0.335 e. The molecule has 3 rings (SSSR count). The molecule has 0 bridgehead atoms. The van der Waals surface area contributed by atoms with Crippen LogP contribution in [0.4, 0.5) is 0 Å². The zero-order valence-corrected chi connectivity index (χ0v) is 11.4. The maximum atomic E-state index is 11.1. The van der Waals surface area contributed by atoms with Crippen molar-refractivity contribution in [3.8, 4) is 5.69 Å². The number of aryl methyl sites for hydroxylation is 1. The molecule has 1 aromatic heterocycles. The highest BCUT2D eigenvalue weighted by molar-refractivity contribution is 5.96. The van der Waals surface area contributed by atoms with E-state index in [0.29, 0.717) is 5.56 Å². The number of nitrogens with zero attached hydrogens (tertiary/aromatic N) is 1. The summed E-state index contributed by atoms with van der Waals surface area (Å²) < 4.78 is 2.16. The lowest BCUT2D eigenvalue weighted by Gasteiger charge is -2.08. The fourth-order valence-electron chi connectivity index (χ4n) is 2.62. The topological polar surface area (TPSA) is 42.2 Å². The number of carboxylic acid groups (broad SMARTS) is 1. The van der Waals surface area contributed by atoms with Crippen LogP contribution in [0.2, 0.25) is 0 Å². The standard InChI is InChI=1S/C17H15NO2/c1-11-12(2)18(14-6-4-3-5-7-14)16-9-8-13(17(19)20)10-15(11)16/h3-10H,1-2H3,(H,19,20). The molecule has 20 heavy (non-hydrogen) atoms. The Morgan fingerprint density at radius 2 is 1.75 bits per heavy atom. The molecule has 0 atom stereocenters. The molecular formula is C17H15NO2. The van der Waals surface area contributed by atoms with Crippen LogP contribution in [0.25, 0.3) is 16.6 Å². The van der Waals surface area contributed by atoms with Gasteiger partial charge in [0.15, 0.2) is 0 Å². The van der Waals surface area contributed by atoms with Gasteiger partial charge >= 0.3 is 5.97 Å². The molecule has 0 radical (unpaired) electrons. The van der Waals surface area contributed by atoms with Crippen LogP contribution in [0.15, 0.2) is 48.5 Å². The quantitative estimate of drug-likeness (QED) is 0.762. The van der Waals surface area contributed by atoms with Crippen molar-refractivity contribution in [3.63, 3.8) is 0 Å². The molecule has 0 saturated carbocycles. The monoisotopic (exact) mass is 265 g/mol. The van der Waals surface area contributed by atoms with Gasteiger partial charge in [0.1, 0.15) is 0 Å². The lowest BCUT2D eigenvalue weighted by molar-refractivity contribution is 0.0697. The van der Waals surface area contributed by atoms with Gasteiger partial charge in [0.2, 0.25) is 0 Å². The zero-order valence-electron chi connectivity index (χ0n) is 11.4. The lowest BCUT2D eigenvalue weighted by Crippen LogP contribution is -1.97. The van der Waals surface area contributed by atoms with Crippen molar-refractivity contribution in [1.29, 1.82) is 0 Å². The smallest absolute Gasteiger partial charge is 0.335 e. The molecular weight excluding hydrogens is 250 g/mol. The van der Waals surface area contributed by atoms with Gasteiger partial charge < -0.3 is 9.67 Å². The maximum absolute atomic E-state index is 11.1. The number of rotatable bonds is 2. The third kappa shape index (κ3) is 1.79. The van der Waals surface area contributed by atoms with E-state index in [1.807, 2.05) is 31.2 Å². The van der Waals surface area contributed by atoms with E-state index in [0.717, 1.165) is 27.8 Å². The Balaban J connectivity index is 2.34. The normalized spacial score (nSPS) is 10.9. The number of aromatic carboxylic acids is 1. The van der Waals surface area contributed by atoms with E-state index >= 15 is 0 Å². The average Bonchev–Trinajstić information content (AvgIpc) is 2.71. The highest BCUT2D eigenvalue weighted by Gasteiger charge is 2.14. The number of hydrogen-bond acceptors (Lipinski definition) is 1. The van der Waals surface area contributed by atoms with Crippen LogP contribution in [0.3, 0.4) is 0 Å². The van der Waals surface area contributed by atoms with Gasteiger partial charge in [-0.1, -0.05) is 18.2 Å². The summed E-state index contributed by atoms with van der Waals surface area (Å²) in [6, 6.07) is 15.4. The summed E-state index contributed by atoms with van der Waals surface area (Å²) in [6.45, 7) is 4.09. The van der Waals surface area contributed by atoms with Gasteiger partial charge in [0.05, 0.1) is 11.1 Å². The predicted octanol–water partition coefficient (Wildman–Crippen LogP) is 3.95. The van der Waals surface area contributed by atoms with Crippen molar-refractivity contribution >= 4 is 16.9 Å². The molecule has 100 valence electrons. The van der Waals surface area contributed by atoms with E-state index in [1.165, 1.54) is 0 Å². The summed E-state index contributed by atoms with van der Waals surface area (Å²) >= 11 is 0. The van der Waals surface area contributed by atoms with Crippen molar-refractivity contribution in [3.05, 3.63) is 65.4 Å². The van der Waals surface area contributed by atoms with Crippen LogP contribution in [0.1, 0.15) is 21.6 Å². The molecule has 0 fully saturated rings. The molecule has 0 aliphatic heterocycles. The third-order valence-electron chi connectivity index (χ3n) is 3.78. The molecule has 1 N–H and O–H groups in total. The zero-order chi connectivity index (χ0) is 14.3. The number of benzene rings is 2. The first-order valence-electron chi connectivity index (χ1n) is 6.50. The highest BCUT2D eigenvalue weighted by atomic mass is 16.4. The molecule has 0 spiro atoms. The number of aromatic nitrogens is 1. The second-order valence-electron chi connectivity index (χ2n) is 4.92. The molecule has 0 aliphatic rings. The van der Waals surface area contributed by atoms with Crippen molar-refractivity contribution < 1.29 is 9.90 Å². The summed E-state index contributed by atoms with van der Waals surface area (Å²) in [5, 5.41) is 10.1. The molecule has 0 saturated heterocycles. The first-order valence-corrected chi connectivity index (χ1v) is 6.50. The van der Waals surface area contributed by atoms with Crippen LogP contribution in [-0.2, 0) is 0 Å². The number of fused-ring (bicyclic) bond motifs is 1. The molecule has 3 nitrogen and oxygen atoms in total. The molecule has 2 aromatic carbocycles. The molecule has 0 amide bonds. The summed E-state index contributed by atoms with van der Waals surface area (Å²) in [6.07, 6.45) is 0. The second-order valence-corrected chi connectivity index (χ2v) is 4.92. The van der Waals surface area contributed by atoms with Gasteiger partial charge in [-0.2, -0.15) is 0 Å². The first-order chi connectivity index (χ1) is 9.59. The largest absolute Gasteiger partial charge is 0.478 e. The molecule has 1 heterocycles. The molecule has 0 unspecified atom stereocenters. The van der Waals surface area contributed by atoms with E-state index in [4.69, 9.17) is 5.11 Å². The predicted molar refractivity (Wildman–Crippen MR) is 79.7 cm³/mol. The van der Waals surface area contributed by atoms with Gasteiger partial charge in [-0.05, 0) is 49.7 Å². The minimum absolute atomic E-state index is 0.325. The van der Waals surface area contributed by atoms with E-state index < -0.39 is 5.97 Å². The highest BCUT2D eigenvalue weighted by Crippen LogP contribution is 2.29. The van der Waals surface area contributed by atoms with Gasteiger partial charge in [0, 0.05) is 16.8 Å². The van der Waals surface area contributed by atoms with Gasteiger partial charge in [-0.25, -0.2) is 4.79 Å². The molecule has 3 heteroatoms. The minimum Gasteiger partial charge on any atom is -0.478 e. The summed E-state index contributed by atoms with van der Waals surface area (Å²) in [5.74, 6) is -0.892. The van der Waals surface area contributed by atoms with Gasteiger partial charge in [0.25, 0.3) is 0 Å². The summed E-state index contributed by atoms with van der Waals surface area (Å²) in [4.78, 5) is 11.1. The van der Waals surface area contributed by atoms with Crippen LogP contribution < -0.4 is 0 Å². The SMILES string of the molecule is Cc1c(C)n(-c2ccccc2)c2ccc(C(=O)O)cc12. The molecule has 3 aromatic rings. The lowest BCUT2D eigenvalue weighted by atomic mass is 10.1. The number of hydrogen-bond donors (Lipinski definition) is 1. The van der Waals surface area contributed by atoms with Crippen molar-refractivity contribution in [1.82, 2.24) is 4.57 Å². The van der Waals surface area contributed by atoms with E-state index in [1.54, 1.807) is 12.1 Å². The fourth-order valence-corrected chi connectivity index (χ4v) is 2.62. The van der Waals surface area contributed by atoms with E-state index in [2.05, 4.69) is 23.6 Å². The minimum atomic E-state index is -0.892. The van der Waals surface area contributed by atoms with Crippen molar-refractivity contribution in [2.24, 2.45) is 0 Å². The van der Waals surface area contributed by atoms with Gasteiger partial charge in [-0.15, -0.1) is 0 Å². The van der Waals surface area contributed by atoms with Crippen LogP contribution in [-0.4, -0.2) is 15.6 Å². The number of carboxylic acids is 1. The van der Waals surface area contributed by atoms with Crippen molar-refractivity contribution in [2.45, 2.75) is 13.8 Å². The molecule has 0 aliphatic carbocycles. The second kappa shape index (κ2) is 4.53. The van der Waals surface area contributed by atoms with Crippen molar-refractivity contribution in [2.75, 3.05) is 0 Å². The van der Waals surface area contributed by atoms with E-state index in [9.17, 15) is 4.79 Å². The average molecular weight is 265 g/mol. The Hall–Kier alpha value is -2.55. The third-order valence-corrected chi connectivity index (χ3v) is 3.78. The van der Waals surface area contributed by atoms with Crippen LogP contribution in [0.5, 0.6) is 0 Å². The number of carbonyl (C=O) groups is 1. The Morgan fingerprint density at radius 3 is 2.40 bits per heavy atom. The summed E-state index contributed by atoms with van der Waals surface area (Å²) in [7, 11) is 0. The first kappa shape index (κ1) is 12.5. The Morgan fingerprint density at radius 1 is 1.05 bits per heavy atom. The Labute approximate surface area is 117 Å². The number of para-hydroxylation sites is 1. The van der Waals surface area contributed by atoms with E-state index in [-0.39, 0.29) is 0 Å². The Bertz CT molecular complexity index is 801. The summed E-state index contributed by atoms with van der Waals surface area (Å²) in [5.41, 5.74) is 4.70. The fraction of sp³-hybridized carbons (Fsp3) is 0.118. The van der Waals surface area contributed by atoms with Crippen LogP contribution in [0, 0.1) is 13.8 Å². The van der Waals surface area contributed by atoms with Gasteiger partial charge in [-0.3, -0.25) is 0 Å². The van der Waals surface area contributed by atoms with Crippen LogP contribution >= 0.6 is 0 Å².